The number of hydrogen-bond donors (Lipinski definition) is 0. The van der Waals surface area contributed by atoms with Crippen molar-refractivity contribution in [3.8, 4) is 5.75 Å². The summed E-state index contributed by atoms with van der Waals surface area (Å²) in [5, 5.41) is 0. The number of rotatable bonds is 8. The lowest BCUT2D eigenvalue weighted by Crippen LogP contribution is -2.39. The van der Waals surface area contributed by atoms with Crippen LogP contribution in [0.1, 0.15) is 31.0 Å². The highest BCUT2D eigenvalue weighted by molar-refractivity contribution is 9.10. The van der Waals surface area contributed by atoms with Crippen molar-refractivity contribution in [1.29, 1.82) is 0 Å². The molecule has 0 spiro atoms. The van der Waals surface area contributed by atoms with Crippen LogP contribution in [0.25, 0.3) is 6.08 Å². The first-order chi connectivity index (χ1) is 17.7. The average Bonchev–Trinajstić information content (AvgIpc) is 3.17. The number of nitrogens with zero attached hydrogens (tertiary/aromatic N) is 3. The van der Waals surface area contributed by atoms with E-state index in [9.17, 15) is 9.59 Å². The Hall–Kier alpha value is -3.43. The van der Waals surface area contributed by atoms with E-state index < -0.39 is 12.0 Å². The van der Waals surface area contributed by atoms with E-state index in [0.29, 0.717) is 33.0 Å². The minimum atomic E-state index is -0.643. The van der Waals surface area contributed by atoms with Gasteiger partial charge in [-0.1, -0.05) is 42.2 Å². The van der Waals surface area contributed by atoms with Gasteiger partial charge in [-0.05, 0) is 71.2 Å². The van der Waals surface area contributed by atoms with Gasteiger partial charge in [0, 0.05) is 19.8 Å². The van der Waals surface area contributed by atoms with Crippen molar-refractivity contribution in [2.45, 2.75) is 19.9 Å². The fraction of sp³-hybridized carbons (Fsp3) is 0.250. The van der Waals surface area contributed by atoms with E-state index in [1.807, 2.05) is 67.5 Å². The Balaban J connectivity index is 1.86. The fourth-order valence-electron chi connectivity index (χ4n) is 4.09. The first-order valence-electron chi connectivity index (χ1n) is 11.7. The van der Waals surface area contributed by atoms with Gasteiger partial charge < -0.3 is 14.4 Å². The Morgan fingerprint density at radius 1 is 1.24 bits per heavy atom. The first kappa shape index (κ1) is 26.6. The number of ether oxygens (including phenoxy) is 2. The molecule has 9 heteroatoms. The van der Waals surface area contributed by atoms with Crippen LogP contribution in [0.5, 0.6) is 5.75 Å². The number of carbonyl (C=O) groups is 1. The molecule has 7 nitrogen and oxygen atoms in total. The number of fused-ring (bicyclic) bond motifs is 1. The second-order valence-corrected chi connectivity index (χ2v) is 10.4. The quantitative estimate of drug-likeness (QED) is 0.294. The molecule has 4 rings (SSSR count). The minimum absolute atomic E-state index is 0.220. The number of thiazole rings is 1. The van der Waals surface area contributed by atoms with Crippen LogP contribution >= 0.6 is 27.3 Å². The van der Waals surface area contributed by atoms with Gasteiger partial charge in [-0.2, -0.15) is 0 Å². The van der Waals surface area contributed by atoms with Crippen molar-refractivity contribution >= 4 is 45.0 Å². The van der Waals surface area contributed by atoms with Gasteiger partial charge in [-0.15, -0.1) is 0 Å². The molecule has 2 heterocycles. The van der Waals surface area contributed by atoms with E-state index >= 15 is 0 Å². The van der Waals surface area contributed by atoms with Crippen molar-refractivity contribution in [2.75, 3.05) is 32.2 Å². The summed E-state index contributed by atoms with van der Waals surface area (Å²) in [4.78, 5) is 34.0. The largest absolute Gasteiger partial charge is 0.488 e. The molecule has 37 heavy (non-hydrogen) atoms. The van der Waals surface area contributed by atoms with E-state index in [1.165, 1.54) is 11.3 Å². The molecular weight excluding hydrogens is 554 g/mol. The number of benzene rings is 2. The molecule has 0 N–H and O–H groups in total. The molecule has 0 radical (unpaired) electrons. The molecule has 1 atom stereocenters. The molecule has 0 bridgehead atoms. The smallest absolute Gasteiger partial charge is 0.338 e. The Bertz CT molecular complexity index is 1550. The van der Waals surface area contributed by atoms with Crippen molar-refractivity contribution in [1.82, 2.24) is 4.57 Å². The maximum atomic E-state index is 13.8. The van der Waals surface area contributed by atoms with Crippen LogP contribution in [-0.4, -0.2) is 37.8 Å². The number of halogens is 1. The molecule has 0 unspecified atom stereocenters. The SMILES string of the molecule is C=CCOc1ccc(/C=c2/sc3n(c2=O)[C@H](c2ccc(N(C)C)cc2)C(C(=O)OCC)=C(C)N=3)cc1Br. The van der Waals surface area contributed by atoms with Crippen LogP contribution in [0.2, 0.25) is 0 Å². The Morgan fingerprint density at radius 2 is 1.97 bits per heavy atom. The molecule has 2 aromatic carbocycles. The van der Waals surface area contributed by atoms with Crippen molar-refractivity contribution < 1.29 is 14.3 Å². The van der Waals surface area contributed by atoms with Gasteiger partial charge in [0.1, 0.15) is 12.4 Å². The van der Waals surface area contributed by atoms with E-state index in [-0.39, 0.29) is 12.2 Å². The fourth-order valence-corrected chi connectivity index (χ4v) is 5.64. The summed E-state index contributed by atoms with van der Waals surface area (Å²) in [7, 11) is 3.92. The molecule has 0 fully saturated rings. The van der Waals surface area contributed by atoms with Crippen LogP contribution < -0.4 is 24.5 Å². The minimum Gasteiger partial charge on any atom is -0.488 e. The third-order valence-corrected chi connectivity index (χ3v) is 7.46. The standard InChI is InChI=1S/C28H28BrN3O4S/c1-6-14-36-22-13-8-18(15-21(22)29)16-23-26(33)32-25(19-9-11-20(12-10-19)31(4)5)24(27(34)35-7-2)17(3)30-28(32)37-23/h6,8-13,15-16,25H,1,7,14H2,2-5H3/b23-16+/t25-/m1/s1. The van der Waals surface area contributed by atoms with Crippen molar-refractivity contribution in [3.63, 3.8) is 0 Å². The summed E-state index contributed by atoms with van der Waals surface area (Å²) in [5.41, 5.74) is 3.34. The van der Waals surface area contributed by atoms with Crippen LogP contribution in [-0.2, 0) is 9.53 Å². The molecule has 0 aliphatic carbocycles. The van der Waals surface area contributed by atoms with Gasteiger partial charge in [0.15, 0.2) is 4.80 Å². The predicted molar refractivity (Wildman–Crippen MR) is 151 cm³/mol. The van der Waals surface area contributed by atoms with E-state index in [1.54, 1.807) is 24.5 Å². The molecule has 0 saturated carbocycles. The Kier molecular flexibility index (Phi) is 8.14. The molecule has 1 aliphatic heterocycles. The number of aromatic nitrogens is 1. The zero-order chi connectivity index (χ0) is 26.7. The monoisotopic (exact) mass is 581 g/mol. The normalized spacial score (nSPS) is 15.2. The lowest BCUT2D eigenvalue weighted by molar-refractivity contribution is -0.139. The highest BCUT2D eigenvalue weighted by atomic mass is 79.9. The number of allylic oxidation sites excluding steroid dienone is 1. The Morgan fingerprint density at radius 3 is 2.59 bits per heavy atom. The molecule has 3 aromatic rings. The molecule has 1 aliphatic rings. The zero-order valence-corrected chi connectivity index (χ0v) is 23.6. The summed E-state index contributed by atoms with van der Waals surface area (Å²) < 4.78 is 13.9. The van der Waals surface area contributed by atoms with Crippen LogP contribution in [0.3, 0.4) is 0 Å². The number of hydrogen-bond acceptors (Lipinski definition) is 7. The van der Waals surface area contributed by atoms with Gasteiger partial charge in [-0.25, -0.2) is 9.79 Å². The second-order valence-electron chi connectivity index (χ2n) is 8.58. The number of anilines is 1. The number of carbonyl (C=O) groups excluding carboxylic acids is 1. The van der Waals surface area contributed by atoms with Crippen LogP contribution in [0.15, 0.2) is 80.6 Å². The summed E-state index contributed by atoms with van der Waals surface area (Å²) >= 11 is 4.82. The average molecular weight is 583 g/mol. The highest BCUT2D eigenvalue weighted by Crippen LogP contribution is 2.32. The van der Waals surface area contributed by atoms with Gasteiger partial charge in [0.25, 0.3) is 5.56 Å². The second kappa shape index (κ2) is 11.3. The van der Waals surface area contributed by atoms with Gasteiger partial charge in [-0.3, -0.25) is 9.36 Å². The molecule has 0 amide bonds. The molecule has 192 valence electrons. The summed E-state index contributed by atoms with van der Waals surface area (Å²) in [6.45, 7) is 7.83. The van der Waals surface area contributed by atoms with Gasteiger partial charge in [0.05, 0.1) is 32.9 Å². The third kappa shape index (κ3) is 5.47. The summed E-state index contributed by atoms with van der Waals surface area (Å²) in [5.74, 6) is 0.216. The summed E-state index contributed by atoms with van der Waals surface area (Å²) in [6, 6.07) is 12.8. The lowest BCUT2D eigenvalue weighted by atomic mass is 9.95. The van der Waals surface area contributed by atoms with Crippen molar-refractivity contribution in [3.05, 3.63) is 102 Å². The highest BCUT2D eigenvalue weighted by Gasteiger charge is 2.33. The molecular formula is C28H28BrN3O4S. The number of esters is 1. The van der Waals surface area contributed by atoms with Gasteiger partial charge in [0.2, 0.25) is 0 Å². The topological polar surface area (TPSA) is 73.1 Å². The lowest BCUT2D eigenvalue weighted by Gasteiger charge is -2.25. The van der Waals surface area contributed by atoms with Crippen LogP contribution in [0, 0.1) is 0 Å². The summed E-state index contributed by atoms with van der Waals surface area (Å²) in [6.07, 6.45) is 3.50. The van der Waals surface area contributed by atoms with E-state index in [0.717, 1.165) is 21.3 Å². The molecule has 1 aromatic heterocycles. The predicted octanol–water partition coefficient (Wildman–Crippen LogP) is 4.19. The first-order valence-corrected chi connectivity index (χ1v) is 13.4. The molecule has 0 saturated heterocycles. The van der Waals surface area contributed by atoms with E-state index in [4.69, 9.17) is 9.47 Å². The Labute approximate surface area is 227 Å². The van der Waals surface area contributed by atoms with Gasteiger partial charge >= 0.3 is 5.97 Å². The maximum Gasteiger partial charge on any atom is 0.338 e. The third-order valence-electron chi connectivity index (χ3n) is 5.85. The zero-order valence-electron chi connectivity index (χ0n) is 21.2. The van der Waals surface area contributed by atoms with Crippen molar-refractivity contribution in [2.24, 2.45) is 4.99 Å². The van der Waals surface area contributed by atoms with Crippen LogP contribution in [0.4, 0.5) is 5.69 Å². The van der Waals surface area contributed by atoms with E-state index in [2.05, 4.69) is 27.5 Å². The maximum absolute atomic E-state index is 13.8.